The molecule has 3 rings (SSSR count). The molecule has 1 heterocycles. The number of aromatic nitrogens is 4. The molecule has 0 fully saturated rings. The Morgan fingerprint density at radius 1 is 1.00 bits per heavy atom. The lowest BCUT2D eigenvalue weighted by Crippen LogP contribution is -2.24. The molecule has 0 spiro atoms. The van der Waals surface area contributed by atoms with Crippen LogP contribution in [0.2, 0.25) is 0 Å². The van der Waals surface area contributed by atoms with Gasteiger partial charge in [-0.1, -0.05) is 18.2 Å². The Kier molecular flexibility index (Phi) is 4.60. The van der Waals surface area contributed by atoms with Crippen LogP contribution in [0.15, 0.2) is 59.4 Å². The first-order valence-electron chi connectivity index (χ1n) is 7.52. The predicted molar refractivity (Wildman–Crippen MR) is 85.6 cm³/mol. The first-order valence-corrected chi connectivity index (χ1v) is 7.52. The van der Waals surface area contributed by atoms with E-state index in [0.29, 0.717) is 24.2 Å². The summed E-state index contributed by atoms with van der Waals surface area (Å²) in [4.78, 5) is 24.2. The molecule has 3 aromatic rings. The van der Waals surface area contributed by atoms with E-state index in [1.165, 1.54) is 33.6 Å². The quantitative estimate of drug-likeness (QED) is 0.651. The molecule has 0 saturated carbocycles. The van der Waals surface area contributed by atoms with Crippen molar-refractivity contribution in [1.29, 1.82) is 0 Å². The van der Waals surface area contributed by atoms with Gasteiger partial charge in [0.25, 0.3) is 0 Å². The van der Waals surface area contributed by atoms with Crippen molar-refractivity contribution in [2.24, 2.45) is 0 Å². The maximum atomic E-state index is 12.8. The fraction of sp³-hybridized carbons (Fsp3) is 0.176. The number of para-hydroxylation sites is 1. The number of Topliss-reactive ketones (excluding diaryl/α,β-unsaturated/α-hetero) is 1. The molecule has 1 aromatic heterocycles. The van der Waals surface area contributed by atoms with Crippen molar-refractivity contribution in [2.75, 3.05) is 0 Å². The zero-order valence-corrected chi connectivity index (χ0v) is 12.8. The van der Waals surface area contributed by atoms with Gasteiger partial charge in [-0.15, -0.1) is 0 Å². The summed E-state index contributed by atoms with van der Waals surface area (Å²) in [7, 11) is 0. The number of tetrazole rings is 1. The summed E-state index contributed by atoms with van der Waals surface area (Å²) in [5, 5.41) is 7.67. The van der Waals surface area contributed by atoms with Crippen molar-refractivity contribution in [3.63, 3.8) is 0 Å². The van der Waals surface area contributed by atoms with Crippen LogP contribution in [0.25, 0.3) is 5.69 Å². The number of carbonyl (C=O) groups is 1. The highest BCUT2D eigenvalue weighted by Crippen LogP contribution is 2.08. The highest BCUT2D eigenvalue weighted by atomic mass is 19.1. The fourth-order valence-corrected chi connectivity index (χ4v) is 2.32. The van der Waals surface area contributed by atoms with Crippen molar-refractivity contribution < 1.29 is 9.18 Å². The maximum Gasteiger partial charge on any atom is 0.368 e. The molecule has 6 nitrogen and oxygen atoms in total. The Bertz CT molecular complexity index is 885. The van der Waals surface area contributed by atoms with Gasteiger partial charge in [0, 0.05) is 18.5 Å². The van der Waals surface area contributed by atoms with Crippen molar-refractivity contribution in [1.82, 2.24) is 19.8 Å². The number of halogens is 1. The van der Waals surface area contributed by atoms with Crippen molar-refractivity contribution >= 4 is 5.78 Å². The van der Waals surface area contributed by atoms with E-state index in [1.807, 2.05) is 18.2 Å². The molecule has 0 aliphatic carbocycles. The molecule has 0 aliphatic heterocycles. The lowest BCUT2D eigenvalue weighted by molar-refractivity contribution is 0.0978. The number of benzene rings is 2. The average Bonchev–Trinajstić information content (AvgIpc) is 2.97. The van der Waals surface area contributed by atoms with Crippen LogP contribution in [0.4, 0.5) is 4.39 Å². The van der Waals surface area contributed by atoms with Crippen LogP contribution < -0.4 is 5.69 Å². The Hall–Kier alpha value is -3.09. The molecule has 0 amide bonds. The fourth-order valence-electron chi connectivity index (χ4n) is 2.32. The Morgan fingerprint density at radius 2 is 1.71 bits per heavy atom. The highest BCUT2D eigenvalue weighted by Gasteiger charge is 2.10. The van der Waals surface area contributed by atoms with E-state index in [-0.39, 0.29) is 23.7 Å². The Balaban J connectivity index is 1.62. The van der Waals surface area contributed by atoms with Gasteiger partial charge >= 0.3 is 5.69 Å². The van der Waals surface area contributed by atoms with E-state index in [2.05, 4.69) is 10.4 Å². The third kappa shape index (κ3) is 3.45. The van der Waals surface area contributed by atoms with E-state index in [4.69, 9.17) is 0 Å². The summed E-state index contributed by atoms with van der Waals surface area (Å²) in [5.41, 5.74) is 0.739. The summed E-state index contributed by atoms with van der Waals surface area (Å²) in [6.07, 6.45) is 0.694. The van der Waals surface area contributed by atoms with E-state index < -0.39 is 0 Å². The third-order valence-corrected chi connectivity index (χ3v) is 3.58. The molecule has 2 aromatic carbocycles. The highest BCUT2D eigenvalue weighted by molar-refractivity contribution is 5.95. The number of nitrogens with zero attached hydrogens (tertiary/aromatic N) is 4. The minimum atomic E-state index is -0.379. The molecule has 0 bridgehead atoms. The molecule has 122 valence electrons. The molecule has 0 atom stereocenters. The van der Waals surface area contributed by atoms with Crippen LogP contribution in [-0.4, -0.2) is 25.6 Å². The van der Waals surface area contributed by atoms with Crippen LogP contribution >= 0.6 is 0 Å². The summed E-state index contributed by atoms with van der Waals surface area (Å²) in [5.74, 6) is -0.478. The van der Waals surface area contributed by atoms with Crippen molar-refractivity contribution in [2.45, 2.75) is 19.4 Å². The van der Waals surface area contributed by atoms with Crippen molar-refractivity contribution in [3.8, 4) is 5.69 Å². The van der Waals surface area contributed by atoms with Gasteiger partial charge in [-0.25, -0.2) is 9.18 Å². The first-order chi connectivity index (χ1) is 11.6. The van der Waals surface area contributed by atoms with Crippen LogP contribution in [0.1, 0.15) is 23.2 Å². The smallest absolute Gasteiger partial charge is 0.294 e. The number of rotatable bonds is 6. The minimum Gasteiger partial charge on any atom is -0.294 e. The summed E-state index contributed by atoms with van der Waals surface area (Å²) >= 11 is 0. The monoisotopic (exact) mass is 326 g/mol. The van der Waals surface area contributed by atoms with Crippen LogP contribution in [-0.2, 0) is 6.54 Å². The Morgan fingerprint density at radius 3 is 2.42 bits per heavy atom. The summed E-state index contributed by atoms with van der Waals surface area (Å²) in [6.45, 7) is 0.290. The van der Waals surface area contributed by atoms with E-state index in [1.54, 1.807) is 12.1 Å². The van der Waals surface area contributed by atoms with Crippen LogP contribution in [0, 0.1) is 5.82 Å². The van der Waals surface area contributed by atoms with Crippen LogP contribution in [0.5, 0.6) is 0 Å². The second-order valence-corrected chi connectivity index (χ2v) is 5.27. The lowest BCUT2D eigenvalue weighted by atomic mass is 10.1. The van der Waals surface area contributed by atoms with Crippen molar-refractivity contribution in [3.05, 3.63) is 76.5 Å². The number of aryl methyl sites for hydroxylation is 1. The molecule has 0 N–H and O–H groups in total. The molecule has 0 aliphatic rings. The number of hydrogen-bond donors (Lipinski definition) is 0. The molecular formula is C17H15FN4O2. The van der Waals surface area contributed by atoms with Gasteiger partial charge in [0.15, 0.2) is 5.78 Å². The van der Waals surface area contributed by atoms with Gasteiger partial charge in [0.05, 0.1) is 5.69 Å². The van der Waals surface area contributed by atoms with Crippen LogP contribution in [0.3, 0.4) is 0 Å². The molecule has 0 radical (unpaired) electrons. The van der Waals surface area contributed by atoms with E-state index in [0.717, 1.165) is 0 Å². The largest absolute Gasteiger partial charge is 0.368 e. The second kappa shape index (κ2) is 6.99. The number of carbonyl (C=O) groups excluding carboxylic acids is 1. The molecule has 24 heavy (non-hydrogen) atoms. The molecule has 0 saturated heterocycles. The normalized spacial score (nSPS) is 10.7. The zero-order valence-electron chi connectivity index (χ0n) is 12.8. The van der Waals surface area contributed by atoms with Gasteiger partial charge in [-0.05, 0) is 53.2 Å². The topological polar surface area (TPSA) is 69.8 Å². The van der Waals surface area contributed by atoms with Gasteiger partial charge < -0.3 is 0 Å². The lowest BCUT2D eigenvalue weighted by Gasteiger charge is -2.01. The predicted octanol–water partition coefficient (Wildman–Crippen LogP) is 2.23. The van der Waals surface area contributed by atoms with Gasteiger partial charge in [-0.2, -0.15) is 9.36 Å². The van der Waals surface area contributed by atoms with E-state index >= 15 is 0 Å². The van der Waals surface area contributed by atoms with Gasteiger partial charge in [0.1, 0.15) is 5.82 Å². The summed E-state index contributed by atoms with van der Waals surface area (Å²) in [6, 6.07) is 14.4. The maximum absolute atomic E-state index is 12.8. The molecule has 7 heteroatoms. The van der Waals surface area contributed by atoms with Gasteiger partial charge in [-0.3, -0.25) is 4.79 Å². The standard InChI is InChI=1S/C17H15FN4O2/c18-14-10-8-13(9-11-14)16(23)7-4-12-21-17(24)22(20-19-21)15-5-2-1-3-6-15/h1-3,5-6,8-11H,4,7,12H2. The second-order valence-electron chi connectivity index (χ2n) is 5.27. The average molecular weight is 326 g/mol. The van der Waals surface area contributed by atoms with Gasteiger partial charge in [0.2, 0.25) is 0 Å². The number of ketones is 1. The summed E-state index contributed by atoms with van der Waals surface area (Å²) < 4.78 is 15.3. The Labute approximate surface area is 137 Å². The molecular weight excluding hydrogens is 311 g/mol. The number of hydrogen-bond acceptors (Lipinski definition) is 4. The third-order valence-electron chi connectivity index (χ3n) is 3.58. The first kappa shape index (κ1) is 15.8. The SMILES string of the molecule is O=C(CCCn1nnn(-c2ccccc2)c1=O)c1ccc(F)cc1. The van der Waals surface area contributed by atoms with E-state index in [9.17, 15) is 14.0 Å². The molecule has 0 unspecified atom stereocenters. The minimum absolute atomic E-state index is 0.0986. The zero-order chi connectivity index (χ0) is 16.9.